The predicted octanol–water partition coefficient (Wildman–Crippen LogP) is 1.76. The normalized spacial score (nSPS) is 10.0. The quantitative estimate of drug-likeness (QED) is 0.846. The molecule has 0 N–H and O–H groups in total. The first-order chi connectivity index (χ1) is 7.56. The first-order valence-electron chi connectivity index (χ1n) is 5.10. The van der Waals surface area contributed by atoms with Gasteiger partial charge in [-0.1, -0.05) is 0 Å². The number of carbonyl (C=O) groups is 1. The molecule has 0 aliphatic heterocycles. The van der Waals surface area contributed by atoms with E-state index < -0.39 is 0 Å². The van der Waals surface area contributed by atoms with E-state index in [2.05, 4.69) is 20.9 Å². The van der Waals surface area contributed by atoms with Crippen molar-refractivity contribution in [3.05, 3.63) is 22.9 Å². The van der Waals surface area contributed by atoms with Crippen LogP contribution in [0.3, 0.4) is 0 Å². The van der Waals surface area contributed by atoms with Gasteiger partial charge in [-0.2, -0.15) is 0 Å². The molecule has 16 heavy (non-hydrogen) atoms. The van der Waals surface area contributed by atoms with Crippen LogP contribution in [-0.4, -0.2) is 43.0 Å². The molecule has 0 aliphatic carbocycles. The van der Waals surface area contributed by atoms with Gasteiger partial charge in [-0.05, 0) is 28.9 Å². The number of nitrogens with zero attached hydrogens (tertiary/aromatic N) is 3. The molecule has 0 fully saturated rings. The maximum absolute atomic E-state index is 11.7. The van der Waals surface area contributed by atoms with Gasteiger partial charge in [0.25, 0.3) is 0 Å². The third-order valence-corrected chi connectivity index (χ3v) is 2.91. The number of anilines is 1. The Morgan fingerprint density at radius 3 is 2.69 bits per heavy atom. The molecule has 1 heterocycles. The lowest BCUT2D eigenvalue weighted by Gasteiger charge is -2.24. The van der Waals surface area contributed by atoms with E-state index in [0.717, 1.165) is 16.7 Å². The Hall–Kier alpha value is -1.10. The number of carbonyl (C=O) groups excluding carboxylic acids is 1. The van der Waals surface area contributed by atoms with E-state index in [9.17, 15) is 4.79 Å². The van der Waals surface area contributed by atoms with Crippen LogP contribution in [0.15, 0.2) is 22.9 Å². The summed E-state index contributed by atoms with van der Waals surface area (Å²) in [5.41, 5.74) is 0.993. The Kier molecular flexibility index (Phi) is 4.73. The minimum absolute atomic E-state index is 0.0885. The zero-order valence-corrected chi connectivity index (χ0v) is 11.4. The summed E-state index contributed by atoms with van der Waals surface area (Å²) in [6, 6.07) is 1.90. The topological polar surface area (TPSA) is 36.4 Å². The maximum Gasteiger partial charge on any atom is 0.241 e. The van der Waals surface area contributed by atoms with Crippen molar-refractivity contribution in [2.75, 3.05) is 32.1 Å². The molecule has 4 nitrogen and oxygen atoms in total. The summed E-state index contributed by atoms with van der Waals surface area (Å²) in [6.07, 6.45) is 3.46. The number of rotatable bonds is 4. The van der Waals surface area contributed by atoms with Crippen molar-refractivity contribution in [3.8, 4) is 0 Å². The second-order valence-electron chi connectivity index (χ2n) is 3.63. The van der Waals surface area contributed by atoms with Crippen LogP contribution in [-0.2, 0) is 4.79 Å². The molecule has 1 aromatic heterocycles. The molecule has 0 spiro atoms. The summed E-state index contributed by atoms with van der Waals surface area (Å²) >= 11 is 3.44. The van der Waals surface area contributed by atoms with Crippen molar-refractivity contribution in [1.82, 2.24) is 9.88 Å². The SMILES string of the molecule is CCN(CC(=O)N(C)C)c1ccncc1Br. The molecular formula is C11H16BrN3O. The van der Waals surface area contributed by atoms with E-state index in [4.69, 9.17) is 0 Å². The van der Waals surface area contributed by atoms with E-state index in [1.165, 1.54) is 0 Å². The molecular weight excluding hydrogens is 270 g/mol. The van der Waals surface area contributed by atoms with Crippen LogP contribution in [0.4, 0.5) is 5.69 Å². The minimum Gasteiger partial charge on any atom is -0.361 e. The molecule has 0 radical (unpaired) electrons. The number of hydrogen-bond donors (Lipinski definition) is 0. The summed E-state index contributed by atoms with van der Waals surface area (Å²) in [5, 5.41) is 0. The van der Waals surface area contributed by atoms with Crippen LogP contribution in [0, 0.1) is 0 Å². The predicted molar refractivity (Wildman–Crippen MR) is 68.5 cm³/mol. The lowest BCUT2D eigenvalue weighted by molar-refractivity contribution is -0.127. The zero-order valence-electron chi connectivity index (χ0n) is 9.77. The summed E-state index contributed by atoms with van der Waals surface area (Å²) in [5.74, 6) is 0.0885. The highest BCUT2D eigenvalue weighted by Gasteiger charge is 2.13. The summed E-state index contributed by atoms with van der Waals surface area (Å²) in [6.45, 7) is 3.18. The van der Waals surface area contributed by atoms with Gasteiger partial charge in [0.15, 0.2) is 0 Å². The van der Waals surface area contributed by atoms with Gasteiger partial charge in [0, 0.05) is 33.0 Å². The summed E-state index contributed by atoms with van der Waals surface area (Å²) < 4.78 is 0.906. The van der Waals surface area contributed by atoms with Gasteiger partial charge in [0.05, 0.1) is 16.7 Å². The number of pyridine rings is 1. The molecule has 0 aliphatic rings. The van der Waals surface area contributed by atoms with E-state index in [1.807, 2.05) is 17.9 Å². The molecule has 0 bridgehead atoms. The van der Waals surface area contributed by atoms with Crippen molar-refractivity contribution in [2.45, 2.75) is 6.92 Å². The van der Waals surface area contributed by atoms with Gasteiger partial charge in [0.2, 0.25) is 5.91 Å². The average Bonchev–Trinajstić information content (AvgIpc) is 2.26. The highest BCUT2D eigenvalue weighted by atomic mass is 79.9. The van der Waals surface area contributed by atoms with Gasteiger partial charge in [-0.3, -0.25) is 9.78 Å². The fourth-order valence-electron chi connectivity index (χ4n) is 1.30. The third kappa shape index (κ3) is 3.20. The zero-order chi connectivity index (χ0) is 12.1. The van der Waals surface area contributed by atoms with Crippen LogP contribution < -0.4 is 4.90 Å². The van der Waals surface area contributed by atoms with Gasteiger partial charge in [-0.25, -0.2) is 0 Å². The Morgan fingerprint density at radius 2 is 2.19 bits per heavy atom. The molecule has 88 valence electrons. The van der Waals surface area contributed by atoms with E-state index in [1.54, 1.807) is 31.4 Å². The monoisotopic (exact) mass is 285 g/mol. The molecule has 1 rings (SSSR count). The van der Waals surface area contributed by atoms with Crippen molar-refractivity contribution < 1.29 is 4.79 Å². The summed E-state index contributed by atoms with van der Waals surface area (Å²) in [4.78, 5) is 19.3. The molecule has 0 unspecified atom stereocenters. The second kappa shape index (κ2) is 5.84. The van der Waals surface area contributed by atoms with E-state index >= 15 is 0 Å². The molecule has 5 heteroatoms. The number of hydrogen-bond acceptors (Lipinski definition) is 3. The smallest absolute Gasteiger partial charge is 0.241 e. The largest absolute Gasteiger partial charge is 0.361 e. The third-order valence-electron chi connectivity index (χ3n) is 2.30. The number of amides is 1. The molecule has 1 aromatic rings. The van der Waals surface area contributed by atoms with Crippen LogP contribution in [0.5, 0.6) is 0 Å². The van der Waals surface area contributed by atoms with Crippen molar-refractivity contribution in [1.29, 1.82) is 0 Å². The Bertz CT molecular complexity index is 368. The lowest BCUT2D eigenvalue weighted by atomic mass is 10.3. The number of aromatic nitrogens is 1. The maximum atomic E-state index is 11.7. The fraction of sp³-hybridized carbons (Fsp3) is 0.455. The van der Waals surface area contributed by atoms with Crippen molar-refractivity contribution in [2.24, 2.45) is 0 Å². The first kappa shape index (κ1) is 13.0. The van der Waals surface area contributed by atoms with Crippen LogP contribution in [0.2, 0.25) is 0 Å². The average molecular weight is 286 g/mol. The van der Waals surface area contributed by atoms with Gasteiger partial charge >= 0.3 is 0 Å². The fourth-order valence-corrected chi connectivity index (χ4v) is 1.80. The van der Waals surface area contributed by atoms with Gasteiger partial charge in [-0.15, -0.1) is 0 Å². The highest BCUT2D eigenvalue weighted by Crippen LogP contribution is 2.24. The minimum atomic E-state index is 0.0885. The van der Waals surface area contributed by atoms with E-state index in [0.29, 0.717) is 6.54 Å². The first-order valence-corrected chi connectivity index (χ1v) is 5.90. The molecule has 0 atom stereocenters. The molecule has 0 saturated heterocycles. The molecule has 0 saturated carbocycles. The Labute approximate surface area is 104 Å². The molecule has 0 aromatic carbocycles. The number of likely N-dealkylation sites (N-methyl/N-ethyl adjacent to an activating group) is 2. The highest BCUT2D eigenvalue weighted by molar-refractivity contribution is 9.10. The van der Waals surface area contributed by atoms with Crippen molar-refractivity contribution in [3.63, 3.8) is 0 Å². The van der Waals surface area contributed by atoms with E-state index in [-0.39, 0.29) is 5.91 Å². The second-order valence-corrected chi connectivity index (χ2v) is 4.48. The lowest BCUT2D eigenvalue weighted by Crippen LogP contribution is -2.36. The molecule has 1 amide bonds. The van der Waals surface area contributed by atoms with Gasteiger partial charge < -0.3 is 9.80 Å². The Balaban J connectivity index is 2.83. The Morgan fingerprint density at radius 1 is 1.50 bits per heavy atom. The van der Waals surface area contributed by atoms with Gasteiger partial charge in [0.1, 0.15) is 0 Å². The number of halogens is 1. The summed E-state index contributed by atoms with van der Waals surface area (Å²) in [7, 11) is 3.52. The van der Waals surface area contributed by atoms with Crippen LogP contribution >= 0.6 is 15.9 Å². The standard InChI is InChI=1S/C11H16BrN3O/c1-4-15(8-11(16)14(2)3)10-5-6-13-7-9(10)12/h5-7H,4,8H2,1-3H3. The van der Waals surface area contributed by atoms with Crippen LogP contribution in [0.25, 0.3) is 0 Å². The van der Waals surface area contributed by atoms with Crippen molar-refractivity contribution >= 4 is 27.5 Å². The van der Waals surface area contributed by atoms with Crippen LogP contribution in [0.1, 0.15) is 6.92 Å².